The Hall–Kier alpha value is -1.00. The molecule has 1 N–H and O–H groups in total. The average Bonchev–Trinajstić information content (AvgIpc) is 2.15. The summed E-state index contributed by atoms with van der Waals surface area (Å²) in [4.78, 5) is 3.74. The number of nitrogens with zero attached hydrogens (tertiary/aromatic N) is 1. The highest BCUT2D eigenvalue weighted by Crippen LogP contribution is 2.04. The Morgan fingerprint density at radius 1 is 1.57 bits per heavy atom. The molecule has 1 aromatic heterocycles. The highest BCUT2D eigenvalue weighted by molar-refractivity contribution is 5.08. The first kappa shape index (κ1) is 11.1. The molecular weight excluding hydrogens is 183 g/mol. The topological polar surface area (TPSA) is 34.1 Å². The van der Waals surface area contributed by atoms with E-state index in [1.54, 1.807) is 6.20 Å². The number of aromatic nitrogens is 1. The first-order valence-electron chi connectivity index (χ1n) is 4.58. The lowest BCUT2D eigenvalue weighted by Crippen LogP contribution is -2.23. The van der Waals surface area contributed by atoms with Crippen molar-refractivity contribution in [2.75, 3.05) is 13.6 Å². The van der Waals surface area contributed by atoms with E-state index < -0.39 is 0 Å². The fraction of sp³-hybridized carbons (Fsp3) is 0.500. The van der Waals surface area contributed by atoms with Crippen LogP contribution in [0.15, 0.2) is 18.5 Å². The minimum Gasteiger partial charge on any atom is -0.372 e. The van der Waals surface area contributed by atoms with Gasteiger partial charge in [-0.25, -0.2) is 4.39 Å². The summed E-state index contributed by atoms with van der Waals surface area (Å²) < 4.78 is 18.2. The molecule has 1 unspecified atom stereocenters. The smallest absolute Gasteiger partial charge is 0.141 e. The number of hydrogen-bond donors (Lipinski definition) is 1. The number of likely N-dealkylation sites (N-methyl/N-ethyl adjacent to an activating group) is 1. The molecule has 0 aliphatic rings. The Balaban J connectivity index is 2.37. The van der Waals surface area contributed by atoms with Crippen LogP contribution in [0.1, 0.15) is 12.5 Å². The van der Waals surface area contributed by atoms with E-state index in [4.69, 9.17) is 4.74 Å². The number of halogens is 1. The number of nitrogens with one attached hydrogen (secondary N) is 1. The summed E-state index contributed by atoms with van der Waals surface area (Å²) in [5, 5.41) is 3.00. The molecule has 14 heavy (non-hydrogen) atoms. The van der Waals surface area contributed by atoms with Crippen LogP contribution < -0.4 is 5.32 Å². The molecule has 0 bridgehead atoms. The van der Waals surface area contributed by atoms with Crippen molar-refractivity contribution in [3.05, 3.63) is 29.8 Å². The van der Waals surface area contributed by atoms with Gasteiger partial charge in [-0.2, -0.15) is 0 Å². The molecule has 0 fully saturated rings. The number of rotatable bonds is 5. The molecule has 1 rings (SSSR count). The van der Waals surface area contributed by atoms with Crippen LogP contribution in [-0.2, 0) is 11.3 Å². The summed E-state index contributed by atoms with van der Waals surface area (Å²) in [6.45, 7) is 3.14. The monoisotopic (exact) mass is 198 g/mol. The summed E-state index contributed by atoms with van der Waals surface area (Å²) in [5.74, 6) is -0.327. The zero-order valence-electron chi connectivity index (χ0n) is 8.46. The molecule has 1 aromatic rings. The molecule has 78 valence electrons. The van der Waals surface area contributed by atoms with Crippen LogP contribution in [0.25, 0.3) is 0 Å². The summed E-state index contributed by atoms with van der Waals surface area (Å²) in [6, 6.07) is 1.43. The zero-order valence-corrected chi connectivity index (χ0v) is 8.46. The van der Waals surface area contributed by atoms with Crippen LogP contribution in [0.2, 0.25) is 0 Å². The van der Waals surface area contributed by atoms with Crippen LogP contribution in [0.3, 0.4) is 0 Å². The Bertz CT molecular complexity index is 281. The van der Waals surface area contributed by atoms with Crippen LogP contribution >= 0.6 is 0 Å². The van der Waals surface area contributed by atoms with Gasteiger partial charge in [0.15, 0.2) is 0 Å². The van der Waals surface area contributed by atoms with Crippen molar-refractivity contribution in [1.82, 2.24) is 10.3 Å². The summed E-state index contributed by atoms with van der Waals surface area (Å²) in [5.41, 5.74) is 0.757. The molecular formula is C10H15FN2O. The molecule has 0 aromatic carbocycles. The standard InChI is InChI=1S/C10H15FN2O/c1-8(4-12-2)14-7-9-3-10(11)6-13-5-9/h3,5-6,8,12H,4,7H2,1-2H3. The molecule has 0 amide bonds. The van der Waals surface area contributed by atoms with Crippen molar-refractivity contribution < 1.29 is 9.13 Å². The third-order valence-electron chi connectivity index (χ3n) is 1.79. The maximum atomic E-state index is 12.7. The van der Waals surface area contributed by atoms with Gasteiger partial charge < -0.3 is 10.1 Å². The summed E-state index contributed by atoms with van der Waals surface area (Å²) in [6.07, 6.45) is 2.90. The molecule has 0 aliphatic heterocycles. The van der Waals surface area contributed by atoms with E-state index in [-0.39, 0.29) is 11.9 Å². The van der Waals surface area contributed by atoms with Crippen molar-refractivity contribution in [3.63, 3.8) is 0 Å². The predicted molar refractivity (Wildman–Crippen MR) is 52.4 cm³/mol. The number of pyridine rings is 1. The van der Waals surface area contributed by atoms with Gasteiger partial charge in [0.2, 0.25) is 0 Å². The van der Waals surface area contributed by atoms with Crippen molar-refractivity contribution in [2.24, 2.45) is 0 Å². The molecule has 0 radical (unpaired) electrons. The molecule has 0 aliphatic carbocycles. The van der Waals surface area contributed by atoms with E-state index >= 15 is 0 Å². The summed E-state index contributed by atoms with van der Waals surface area (Å²) >= 11 is 0. The molecule has 3 nitrogen and oxygen atoms in total. The number of hydrogen-bond acceptors (Lipinski definition) is 3. The maximum Gasteiger partial charge on any atom is 0.141 e. The Morgan fingerprint density at radius 2 is 2.36 bits per heavy atom. The molecule has 4 heteroatoms. The van der Waals surface area contributed by atoms with Crippen LogP contribution in [0.5, 0.6) is 0 Å². The van der Waals surface area contributed by atoms with Gasteiger partial charge in [0.1, 0.15) is 5.82 Å². The molecule has 0 spiro atoms. The van der Waals surface area contributed by atoms with Crippen molar-refractivity contribution in [1.29, 1.82) is 0 Å². The van der Waals surface area contributed by atoms with E-state index in [9.17, 15) is 4.39 Å². The SMILES string of the molecule is CNCC(C)OCc1cncc(F)c1. The first-order valence-corrected chi connectivity index (χ1v) is 4.58. The van der Waals surface area contributed by atoms with E-state index in [1.807, 2.05) is 14.0 Å². The second-order valence-electron chi connectivity index (χ2n) is 3.19. The molecule has 0 saturated carbocycles. The van der Waals surface area contributed by atoms with Crippen molar-refractivity contribution in [2.45, 2.75) is 19.6 Å². The van der Waals surface area contributed by atoms with Gasteiger partial charge in [-0.1, -0.05) is 0 Å². The van der Waals surface area contributed by atoms with Gasteiger partial charge in [0, 0.05) is 12.7 Å². The van der Waals surface area contributed by atoms with Crippen LogP contribution in [-0.4, -0.2) is 24.7 Å². The van der Waals surface area contributed by atoms with Crippen LogP contribution in [0, 0.1) is 5.82 Å². The lowest BCUT2D eigenvalue weighted by Gasteiger charge is -2.11. The fourth-order valence-electron chi connectivity index (χ4n) is 1.12. The van der Waals surface area contributed by atoms with Gasteiger partial charge in [-0.15, -0.1) is 0 Å². The van der Waals surface area contributed by atoms with Gasteiger partial charge in [0.05, 0.1) is 18.9 Å². The van der Waals surface area contributed by atoms with E-state index in [1.165, 1.54) is 12.3 Å². The quantitative estimate of drug-likeness (QED) is 0.775. The van der Waals surface area contributed by atoms with E-state index in [2.05, 4.69) is 10.3 Å². The van der Waals surface area contributed by atoms with Gasteiger partial charge in [0.25, 0.3) is 0 Å². The highest BCUT2D eigenvalue weighted by atomic mass is 19.1. The van der Waals surface area contributed by atoms with E-state index in [0.717, 1.165) is 12.1 Å². The van der Waals surface area contributed by atoms with E-state index in [0.29, 0.717) is 6.61 Å². The highest BCUT2D eigenvalue weighted by Gasteiger charge is 2.01. The average molecular weight is 198 g/mol. The lowest BCUT2D eigenvalue weighted by molar-refractivity contribution is 0.0542. The zero-order chi connectivity index (χ0) is 10.4. The Kier molecular flexibility index (Phi) is 4.49. The third kappa shape index (κ3) is 3.81. The Labute approximate surface area is 83.3 Å². The second-order valence-corrected chi connectivity index (χ2v) is 3.19. The van der Waals surface area contributed by atoms with Gasteiger partial charge >= 0.3 is 0 Å². The molecule has 1 heterocycles. The van der Waals surface area contributed by atoms with Crippen molar-refractivity contribution >= 4 is 0 Å². The minimum absolute atomic E-state index is 0.114. The predicted octanol–water partition coefficient (Wildman–Crippen LogP) is 1.35. The summed E-state index contributed by atoms with van der Waals surface area (Å²) in [7, 11) is 1.86. The Morgan fingerprint density at radius 3 is 3.00 bits per heavy atom. The normalized spacial score (nSPS) is 12.8. The van der Waals surface area contributed by atoms with Gasteiger partial charge in [-0.05, 0) is 25.6 Å². The maximum absolute atomic E-state index is 12.7. The largest absolute Gasteiger partial charge is 0.372 e. The van der Waals surface area contributed by atoms with Crippen LogP contribution in [0.4, 0.5) is 4.39 Å². The molecule has 1 atom stereocenters. The minimum atomic E-state index is -0.327. The third-order valence-corrected chi connectivity index (χ3v) is 1.79. The molecule has 0 saturated heterocycles. The van der Waals surface area contributed by atoms with Crippen molar-refractivity contribution in [3.8, 4) is 0 Å². The number of ether oxygens (including phenoxy) is 1. The second kappa shape index (κ2) is 5.67. The lowest BCUT2D eigenvalue weighted by atomic mass is 10.3. The fourth-order valence-corrected chi connectivity index (χ4v) is 1.12. The first-order chi connectivity index (χ1) is 6.72. The van der Waals surface area contributed by atoms with Gasteiger partial charge in [-0.3, -0.25) is 4.98 Å².